The fraction of sp³-hybridized carbons (Fsp3) is 0.143. The fourth-order valence-electron chi connectivity index (χ4n) is 3.47. The highest BCUT2D eigenvalue weighted by molar-refractivity contribution is 5.84. The Kier molecular flexibility index (Phi) is 3.09. The molecule has 0 radical (unpaired) electrons. The van der Waals surface area contributed by atoms with E-state index < -0.39 is 0 Å². The molecule has 0 amide bonds. The third-order valence-corrected chi connectivity index (χ3v) is 4.67. The second kappa shape index (κ2) is 5.11. The van der Waals surface area contributed by atoms with Gasteiger partial charge in [0.15, 0.2) is 0 Å². The van der Waals surface area contributed by atoms with Crippen LogP contribution in [0.3, 0.4) is 0 Å². The van der Waals surface area contributed by atoms with Crippen molar-refractivity contribution in [3.8, 4) is 22.3 Å². The van der Waals surface area contributed by atoms with Crippen molar-refractivity contribution in [2.24, 2.45) is 0 Å². The van der Waals surface area contributed by atoms with Gasteiger partial charge in [-0.3, -0.25) is 0 Å². The summed E-state index contributed by atoms with van der Waals surface area (Å²) in [5, 5.41) is 9.35. The molecule has 0 aliphatic heterocycles. The molecule has 0 aromatic heterocycles. The van der Waals surface area contributed by atoms with Crippen LogP contribution in [0, 0.1) is 6.92 Å². The van der Waals surface area contributed by atoms with Crippen molar-refractivity contribution in [1.29, 1.82) is 0 Å². The van der Waals surface area contributed by atoms with Crippen LogP contribution in [-0.4, -0.2) is 5.11 Å². The first-order valence-electron chi connectivity index (χ1n) is 7.69. The number of benzene rings is 3. The summed E-state index contributed by atoms with van der Waals surface area (Å²) in [6.45, 7) is 2.16. The molecule has 0 bridgehead atoms. The molecule has 0 fully saturated rings. The Labute approximate surface area is 130 Å². The number of hydrogen-bond donors (Lipinski definition) is 1. The monoisotopic (exact) mass is 286 g/mol. The minimum atomic E-state index is 0.102. The van der Waals surface area contributed by atoms with Gasteiger partial charge in [0, 0.05) is 0 Å². The highest BCUT2D eigenvalue weighted by Gasteiger charge is 2.20. The average Bonchev–Trinajstić information content (AvgIpc) is 2.93. The molecule has 1 nitrogen and oxygen atoms in total. The molecule has 0 heterocycles. The summed E-state index contributed by atoms with van der Waals surface area (Å²) in [7, 11) is 0. The zero-order valence-corrected chi connectivity index (χ0v) is 12.6. The smallest absolute Gasteiger partial charge is 0.0684 e. The van der Waals surface area contributed by atoms with Gasteiger partial charge in [-0.1, -0.05) is 60.7 Å². The number of aliphatic hydroxyl groups is 1. The molecule has 22 heavy (non-hydrogen) atoms. The Hall–Kier alpha value is -2.38. The van der Waals surface area contributed by atoms with E-state index in [-0.39, 0.29) is 6.61 Å². The average molecular weight is 286 g/mol. The summed E-state index contributed by atoms with van der Waals surface area (Å²) in [5.74, 6) is 0. The van der Waals surface area contributed by atoms with Gasteiger partial charge in [0.2, 0.25) is 0 Å². The Morgan fingerprint density at radius 3 is 2.45 bits per heavy atom. The first-order valence-corrected chi connectivity index (χ1v) is 7.69. The van der Waals surface area contributed by atoms with E-state index in [1.165, 1.54) is 33.4 Å². The molecule has 108 valence electrons. The van der Waals surface area contributed by atoms with Crippen molar-refractivity contribution < 1.29 is 5.11 Å². The highest BCUT2D eigenvalue weighted by Crippen LogP contribution is 2.41. The Morgan fingerprint density at radius 2 is 1.64 bits per heavy atom. The number of rotatable bonds is 2. The largest absolute Gasteiger partial charge is 0.392 e. The van der Waals surface area contributed by atoms with Crippen LogP contribution in [0.2, 0.25) is 0 Å². The second-order valence-electron chi connectivity index (χ2n) is 5.96. The fourth-order valence-corrected chi connectivity index (χ4v) is 3.47. The second-order valence-corrected chi connectivity index (χ2v) is 5.96. The summed E-state index contributed by atoms with van der Waals surface area (Å²) >= 11 is 0. The summed E-state index contributed by atoms with van der Waals surface area (Å²) in [6, 6.07) is 21.6. The van der Waals surface area contributed by atoms with E-state index in [2.05, 4.69) is 61.5 Å². The lowest BCUT2D eigenvalue weighted by atomic mass is 9.93. The molecule has 1 N–H and O–H groups in total. The topological polar surface area (TPSA) is 20.2 Å². The van der Waals surface area contributed by atoms with Crippen LogP contribution < -0.4 is 0 Å². The minimum Gasteiger partial charge on any atom is -0.392 e. The standard InChI is InChI=1S/C21H18O/c1-14-11-16(9-10-17(14)13-22)19-7-4-8-20-18-6-3-2-5-15(18)12-21(19)20/h2-11,22H,12-13H2,1H3. The zero-order chi connectivity index (χ0) is 15.1. The predicted molar refractivity (Wildman–Crippen MR) is 90.8 cm³/mol. The molecule has 4 rings (SSSR count). The maximum Gasteiger partial charge on any atom is 0.0684 e. The van der Waals surface area contributed by atoms with E-state index in [1.807, 2.05) is 6.07 Å². The van der Waals surface area contributed by atoms with Gasteiger partial charge < -0.3 is 5.11 Å². The quantitative estimate of drug-likeness (QED) is 0.565. The summed E-state index contributed by atoms with van der Waals surface area (Å²) in [5.41, 5.74) is 10.2. The first kappa shape index (κ1) is 13.3. The van der Waals surface area contributed by atoms with Gasteiger partial charge in [0.25, 0.3) is 0 Å². The molecule has 0 saturated carbocycles. The number of hydrogen-bond acceptors (Lipinski definition) is 1. The molecule has 3 aromatic rings. The molecule has 0 unspecified atom stereocenters. The van der Waals surface area contributed by atoms with Gasteiger partial charge in [0.1, 0.15) is 0 Å². The summed E-state index contributed by atoms with van der Waals surface area (Å²) in [4.78, 5) is 0. The van der Waals surface area contributed by atoms with E-state index in [4.69, 9.17) is 0 Å². The summed E-state index contributed by atoms with van der Waals surface area (Å²) < 4.78 is 0. The number of aryl methyl sites for hydroxylation is 1. The lowest BCUT2D eigenvalue weighted by Gasteiger charge is -2.11. The van der Waals surface area contributed by atoms with Crippen LogP contribution in [0.1, 0.15) is 22.3 Å². The van der Waals surface area contributed by atoms with E-state index in [9.17, 15) is 5.11 Å². The predicted octanol–water partition coefficient (Wildman–Crippen LogP) is 4.73. The molecule has 0 atom stereocenters. The van der Waals surface area contributed by atoms with E-state index in [1.54, 1.807) is 0 Å². The van der Waals surface area contributed by atoms with Crippen molar-refractivity contribution >= 4 is 0 Å². The van der Waals surface area contributed by atoms with Crippen LogP contribution in [0.5, 0.6) is 0 Å². The van der Waals surface area contributed by atoms with E-state index >= 15 is 0 Å². The lowest BCUT2D eigenvalue weighted by molar-refractivity contribution is 0.281. The SMILES string of the molecule is Cc1cc(-c2cccc3c2Cc2ccccc2-3)ccc1CO. The van der Waals surface area contributed by atoms with Crippen molar-refractivity contribution in [3.05, 3.63) is 82.9 Å². The molecule has 1 heteroatoms. The minimum absolute atomic E-state index is 0.102. The van der Waals surface area contributed by atoms with Crippen molar-refractivity contribution in [1.82, 2.24) is 0 Å². The molecule has 1 aliphatic rings. The Balaban J connectivity index is 1.87. The van der Waals surface area contributed by atoms with Gasteiger partial charge in [0.05, 0.1) is 6.61 Å². The van der Waals surface area contributed by atoms with Crippen LogP contribution in [0.25, 0.3) is 22.3 Å². The van der Waals surface area contributed by atoms with Crippen molar-refractivity contribution in [2.45, 2.75) is 20.0 Å². The van der Waals surface area contributed by atoms with Gasteiger partial charge in [-0.25, -0.2) is 0 Å². The van der Waals surface area contributed by atoms with E-state index in [0.29, 0.717) is 0 Å². The number of aliphatic hydroxyl groups excluding tert-OH is 1. The molecule has 1 aliphatic carbocycles. The first-order chi connectivity index (χ1) is 10.8. The lowest BCUT2D eigenvalue weighted by Crippen LogP contribution is -1.92. The normalized spacial score (nSPS) is 12.1. The maximum atomic E-state index is 9.35. The molecule has 0 saturated heterocycles. The molecular formula is C21H18O. The maximum absolute atomic E-state index is 9.35. The van der Waals surface area contributed by atoms with Gasteiger partial charge in [-0.15, -0.1) is 0 Å². The van der Waals surface area contributed by atoms with Gasteiger partial charge in [-0.05, 0) is 57.9 Å². The third-order valence-electron chi connectivity index (χ3n) is 4.67. The Morgan fingerprint density at radius 1 is 0.864 bits per heavy atom. The van der Waals surface area contributed by atoms with Crippen LogP contribution in [0.15, 0.2) is 60.7 Å². The molecule has 3 aromatic carbocycles. The van der Waals surface area contributed by atoms with E-state index in [0.717, 1.165) is 17.5 Å². The molecule has 0 spiro atoms. The van der Waals surface area contributed by atoms with Gasteiger partial charge in [-0.2, -0.15) is 0 Å². The van der Waals surface area contributed by atoms with Crippen molar-refractivity contribution in [2.75, 3.05) is 0 Å². The van der Waals surface area contributed by atoms with Crippen LogP contribution in [-0.2, 0) is 13.0 Å². The highest BCUT2D eigenvalue weighted by atomic mass is 16.3. The van der Waals surface area contributed by atoms with Gasteiger partial charge >= 0.3 is 0 Å². The van der Waals surface area contributed by atoms with Crippen molar-refractivity contribution in [3.63, 3.8) is 0 Å². The number of fused-ring (bicyclic) bond motifs is 3. The summed E-state index contributed by atoms with van der Waals surface area (Å²) in [6.07, 6.45) is 1.00. The molecular weight excluding hydrogens is 268 g/mol. The van der Waals surface area contributed by atoms with Crippen LogP contribution >= 0.6 is 0 Å². The van der Waals surface area contributed by atoms with Crippen LogP contribution in [0.4, 0.5) is 0 Å². The third kappa shape index (κ3) is 1.98. The Bertz CT molecular complexity index is 862. The zero-order valence-electron chi connectivity index (χ0n) is 12.6.